The van der Waals surface area contributed by atoms with Crippen LogP contribution in [0.2, 0.25) is 0 Å². The van der Waals surface area contributed by atoms with Crippen molar-refractivity contribution in [1.82, 2.24) is 4.98 Å². The van der Waals surface area contributed by atoms with Gasteiger partial charge in [0.25, 0.3) is 5.91 Å². The number of hydrogen-bond acceptors (Lipinski definition) is 4. The predicted octanol–water partition coefficient (Wildman–Crippen LogP) is 2.66. The highest BCUT2D eigenvalue weighted by Gasteiger charge is 2.12. The molecule has 5 heteroatoms. The first kappa shape index (κ1) is 11.3. The van der Waals surface area contributed by atoms with Crippen LogP contribution in [0.15, 0.2) is 53.1 Å². The Hall–Kier alpha value is -2.82. The highest BCUT2D eigenvalue weighted by atomic mass is 16.3. The quantitative estimate of drug-likeness (QED) is 0.688. The number of nitrogens with one attached hydrogen (secondary N) is 1. The number of hydrogen-bond donors (Lipinski definition) is 2. The number of carbonyl (C=O) groups is 1. The van der Waals surface area contributed by atoms with E-state index in [0.717, 1.165) is 5.39 Å². The largest absolute Gasteiger partial charge is 0.451 e. The summed E-state index contributed by atoms with van der Waals surface area (Å²) in [7, 11) is 0. The summed E-state index contributed by atoms with van der Waals surface area (Å²) >= 11 is 0. The van der Waals surface area contributed by atoms with E-state index in [1.165, 1.54) is 0 Å². The maximum atomic E-state index is 12.0. The number of amides is 1. The van der Waals surface area contributed by atoms with Crippen LogP contribution in [-0.2, 0) is 0 Å². The van der Waals surface area contributed by atoms with Gasteiger partial charge >= 0.3 is 0 Å². The van der Waals surface area contributed by atoms with Crippen molar-refractivity contribution in [3.63, 3.8) is 0 Å². The number of nitrogens with zero attached hydrogens (tertiary/aromatic N) is 1. The number of nitrogen functional groups attached to an aromatic ring is 1. The van der Waals surface area contributed by atoms with Crippen LogP contribution in [0.4, 0.5) is 11.5 Å². The second kappa shape index (κ2) is 4.45. The molecule has 3 N–H and O–H groups in total. The molecule has 2 heterocycles. The minimum atomic E-state index is -0.339. The van der Waals surface area contributed by atoms with Crippen molar-refractivity contribution >= 4 is 28.4 Å². The average molecular weight is 253 g/mol. The molecule has 19 heavy (non-hydrogen) atoms. The first-order chi connectivity index (χ1) is 9.22. The average Bonchev–Trinajstić information content (AvgIpc) is 2.83. The van der Waals surface area contributed by atoms with Gasteiger partial charge in [-0.25, -0.2) is 4.98 Å². The van der Waals surface area contributed by atoms with Gasteiger partial charge < -0.3 is 15.5 Å². The minimum absolute atomic E-state index is 0.228. The molecule has 1 amide bonds. The summed E-state index contributed by atoms with van der Waals surface area (Å²) in [5, 5.41) is 3.46. The molecule has 0 aliphatic rings. The van der Waals surface area contributed by atoms with Crippen molar-refractivity contribution in [2.45, 2.75) is 0 Å². The van der Waals surface area contributed by atoms with E-state index in [1.807, 2.05) is 0 Å². The third kappa shape index (κ3) is 2.26. The molecule has 2 aromatic heterocycles. The van der Waals surface area contributed by atoms with Gasteiger partial charge in [0.15, 0.2) is 5.76 Å². The topological polar surface area (TPSA) is 81.1 Å². The van der Waals surface area contributed by atoms with E-state index in [0.29, 0.717) is 17.1 Å². The lowest BCUT2D eigenvalue weighted by molar-refractivity contribution is 0.0998. The number of furan rings is 1. The van der Waals surface area contributed by atoms with Crippen LogP contribution in [-0.4, -0.2) is 10.9 Å². The van der Waals surface area contributed by atoms with E-state index in [9.17, 15) is 4.79 Å². The SMILES string of the molecule is Nc1ccc2oc(C(=O)Nc3ccccn3)cc2c1. The lowest BCUT2D eigenvalue weighted by Gasteiger charge is -2.00. The molecule has 0 aliphatic heterocycles. The molecule has 3 rings (SSSR count). The fourth-order valence-corrected chi connectivity index (χ4v) is 1.79. The fourth-order valence-electron chi connectivity index (χ4n) is 1.79. The number of anilines is 2. The van der Waals surface area contributed by atoms with Gasteiger partial charge in [0, 0.05) is 17.3 Å². The predicted molar refractivity (Wildman–Crippen MR) is 72.8 cm³/mol. The molecule has 0 radical (unpaired) electrons. The Morgan fingerprint density at radius 1 is 1.21 bits per heavy atom. The normalized spacial score (nSPS) is 10.5. The molecule has 0 spiro atoms. The highest BCUT2D eigenvalue weighted by molar-refractivity contribution is 6.04. The first-order valence-electron chi connectivity index (χ1n) is 5.74. The zero-order valence-electron chi connectivity index (χ0n) is 9.96. The molecule has 1 aromatic carbocycles. The summed E-state index contributed by atoms with van der Waals surface area (Å²) < 4.78 is 5.46. The second-order valence-corrected chi connectivity index (χ2v) is 4.08. The number of pyridine rings is 1. The van der Waals surface area contributed by atoms with E-state index < -0.39 is 0 Å². The summed E-state index contributed by atoms with van der Waals surface area (Å²) in [4.78, 5) is 16.0. The number of nitrogens with two attached hydrogens (primary N) is 1. The summed E-state index contributed by atoms with van der Waals surface area (Å²) in [6.45, 7) is 0. The maximum absolute atomic E-state index is 12.0. The zero-order valence-corrected chi connectivity index (χ0v) is 9.96. The van der Waals surface area contributed by atoms with Crippen LogP contribution in [0.5, 0.6) is 0 Å². The minimum Gasteiger partial charge on any atom is -0.451 e. The molecule has 3 aromatic rings. The standard InChI is InChI=1S/C14H11N3O2/c15-10-4-5-11-9(7-10)8-12(19-11)14(18)17-13-3-1-2-6-16-13/h1-8H,15H2,(H,16,17,18). The number of carbonyl (C=O) groups excluding carboxylic acids is 1. The van der Waals surface area contributed by atoms with Crippen molar-refractivity contribution in [3.05, 3.63) is 54.4 Å². The first-order valence-corrected chi connectivity index (χ1v) is 5.74. The summed E-state index contributed by atoms with van der Waals surface area (Å²) in [6, 6.07) is 12.2. The number of rotatable bonds is 2. The van der Waals surface area contributed by atoms with Crippen LogP contribution in [0.25, 0.3) is 11.0 Å². The Morgan fingerprint density at radius 3 is 2.89 bits per heavy atom. The summed E-state index contributed by atoms with van der Waals surface area (Å²) in [5.41, 5.74) is 6.94. The van der Waals surface area contributed by atoms with Gasteiger partial charge in [-0.1, -0.05) is 6.07 Å². The van der Waals surface area contributed by atoms with Crippen molar-refractivity contribution in [1.29, 1.82) is 0 Å². The Balaban J connectivity index is 1.89. The van der Waals surface area contributed by atoms with E-state index in [1.54, 1.807) is 48.7 Å². The van der Waals surface area contributed by atoms with Gasteiger partial charge in [-0.05, 0) is 36.4 Å². The Kier molecular flexibility index (Phi) is 2.64. The Morgan fingerprint density at radius 2 is 2.11 bits per heavy atom. The molecule has 0 fully saturated rings. The van der Waals surface area contributed by atoms with Crippen LogP contribution < -0.4 is 11.1 Å². The Labute approximate surface area is 109 Å². The lowest BCUT2D eigenvalue weighted by Crippen LogP contribution is -2.11. The third-order valence-electron chi connectivity index (χ3n) is 2.67. The van der Waals surface area contributed by atoms with Crippen molar-refractivity contribution in [2.75, 3.05) is 11.1 Å². The van der Waals surface area contributed by atoms with Crippen molar-refractivity contribution in [2.24, 2.45) is 0 Å². The molecular weight excluding hydrogens is 242 g/mol. The molecule has 5 nitrogen and oxygen atoms in total. The van der Waals surface area contributed by atoms with Gasteiger partial charge in [-0.3, -0.25) is 4.79 Å². The lowest BCUT2D eigenvalue weighted by atomic mass is 10.2. The van der Waals surface area contributed by atoms with Crippen LogP contribution in [0, 0.1) is 0 Å². The molecular formula is C14H11N3O2. The van der Waals surface area contributed by atoms with Crippen LogP contribution >= 0.6 is 0 Å². The molecule has 0 saturated heterocycles. The fraction of sp³-hybridized carbons (Fsp3) is 0. The molecule has 0 aliphatic carbocycles. The second-order valence-electron chi connectivity index (χ2n) is 4.08. The summed E-state index contributed by atoms with van der Waals surface area (Å²) in [5.74, 6) is 0.368. The van der Waals surface area contributed by atoms with Gasteiger partial charge in [0.1, 0.15) is 11.4 Å². The highest BCUT2D eigenvalue weighted by Crippen LogP contribution is 2.22. The van der Waals surface area contributed by atoms with Gasteiger partial charge in [0.05, 0.1) is 0 Å². The number of fused-ring (bicyclic) bond motifs is 1. The molecule has 0 atom stereocenters. The monoisotopic (exact) mass is 253 g/mol. The van der Waals surface area contributed by atoms with E-state index in [4.69, 9.17) is 10.2 Å². The van der Waals surface area contributed by atoms with Crippen LogP contribution in [0.3, 0.4) is 0 Å². The number of aromatic nitrogens is 1. The molecule has 94 valence electrons. The molecule has 0 bridgehead atoms. The molecule has 0 unspecified atom stereocenters. The number of benzene rings is 1. The smallest absolute Gasteiger partial charge is 0.292 e. The molecule has 0 saturated carbocycles. The van der Waals surface area contributed by atoms with Gasteiger partial charge in [0.2, 0.25) is 0 Å². The third-order valence-corrected chi connectivity index (χ3v) is 2.67. The van der Waals surface area contributed by atoms with Gasteiger partial charge in [-0.15, -0.1) is 0 Å². The van der Waals surface area contributed by atoms with E-state index in [2.05, 4.69) is 10.3 Å². The van der Waals surface area contributed by atoms with Gasteiger partial charge in [-0.2, -0.15) is 0 Å². The van der Waals surface area contributed by atoms with Crippen molar-refractivity contribution < 1.29 is 9.21 Å². The van der Waals surface area contributed by atoms with Crippen molar-refractivity contribution in [3.8, 4) is 0 Å². The maximum Gasteiger partial charge on any atom is 0.292 e. The summed E-state index contributed by atoms with van der Waals surface area (Å²) in [6.07, 6.45) is 1.61. The van der Waals surface area contributed by atoms with Crippen LogP contribution in [0.1, 0.15) is 10.6 Å². The van der Waals surface area contributed by atoms with E-state index in [-0.39, 0.29) is 11.7 Å². The Bertz CT molecular complexity index is 735. The van der Waals surface area contributed by atoms with E-state index >= 15 is 0 Å². The zero-order chi connectivity index (χ0) is 13.2.